The lowest BCUT2D eigenvalue weighted by molar-refractivity contribution is 0.410. The number of nitrogens with one attached hydrogen (secondary N) is 1. The van der Waals surface area contributed by atoms with E-state index in [9.17, 15) is 8.78 Å². The maximum Gasteiger partial charge on any atom is 0.149 e. The van der Waals surface area contributed by atoms with Crippen LogP contribution in [-0.2, 0) is 6.42 Å². The van der Waals surface area contributed by atoms with Crippen LogP contribution in [0.5, 0.6) is 5.75 Å². The van der Waals surface area contributed by atoms with Gasteiger partial charge in [-0.3, -0.25) is 4.98 Å². The Labute approximate surface area is 132 Å². The van der Waals surface area contributed by atoms with Crippen molar-refractivity contribution in [1.82, 2.24) is 4.98 Å². The number of pyridine rings is 1. The predicted molar refractivity (Wildman–Crippen MR) is 86.8 cm³/mol. The second kappa shape index (κ2) is 6.60. The molecule has 0 aliphatic rings. The molecule has 0 saturated heterocycles. The number of halogens is 2. The van der Waals surface area contributed by atoms with Gasteiger partial charge in [0.05, 0.1) is 12.5 Å². The van der Waals surface area contributed by atoms with E-state index in [1.54, 1.807) is 13.2 Å². The molecule has 118 valence electrons. The summed E-state index contributed by atoms with van der Waals surface area (Å²) in [6, 6.07) is 11.6. The van der Waals surface area contributed by atoms with Gasteiger partial charge in [0, 0.05) is 18.4 Å². The summed E-state index contributed by atoms with van der Waals surface area (Å²) in [7, 11) is 1.63. The quantitative estimate of drug-likeness (QED) is 0.767. The number of rotatable bonds is 5. The summed E-state index contributed by atoms with van der Waals surface area (Å²) in [5, 5.41) is 3.33. The monoisotopic (exact) mass is 314 g/mol. The molecule has 0 aliphatic heterocycles. The summed E-state index contributed by atoms with van der Waals surface area (Å²) in [6.07, 6.45) is 2.17. The van der Waals surface area contributed by atoms with Gasteiger partial charge < -0.3 is 10.1 Å². The molecule has 0 radical (unpaired) electrons. The molecule has 0 fully saturated rings. The maximum absolute atomic E-state index is 14.0. The second-order valence-electron chi connectivity index (χ2n) is 5.10. The van der Waals surface area contributed by atoms with Gasteiger partial charge >= 0.3 is 0 Å². The van der Waals surface area contributed by atoms with Gasteiger partial charge in [-0.1, -0.05) is 18.2 Å². The lowest BCUT2D eigenvalue weighted by atomic mass is 10.1. The lowest BCUT2D eigenvalue weighted by Gasteiger charge is -2.12. The van der Waals surface area contributed by atoms with Crippen LogP contribution < -0.4 is 10.1 Å². The third-order valence-electron chi connectivity index (χ3n) is 3.69. The van der Waals surface area contributed by atoms with Crippen LogP contribution in [-0.4, -0.2) is 18.6 Å². The van der Waals surface area contributed by atoms with E-state index in [1.165, 1.54) is 6.20 Å². The first-order valence-electron chi connectivity index (χ1n) is 7.29. The number of benzene rings is 2. The first-order valence-corrected chi connectivity index (χ1v) is 7.29. The standard InChI is InChI=1S/C18H16F2N2O/c1-23-16-5-3-2-4-12(16)8-10-21-15-9-11-22-18-14(20)7-6-13(19)17(15)18/h2-7,9,11H,8,10H2,1H3,(H,21,22). The van der Waals surface area contributed by atoms with Crippen molar-refractivity contribution in [2.24, 2.45) is 0 Å². The van der Waals surface area contributed by atoms with Crippen molar-refractivity contribution in [3.8, 4) is 5.75 Å². The average Bonchev–Trinajstić information content (AvgIpc) is 2.59. The average molecular weight is 314 g/mol. The molecule has 5 heteroatoms. The highest BCUT2D eigenvalue weighted by Gasteiger charge is 2.11. The fourth-order valence-corrected chi connectivity index (χ4v) is 2.58. The number of aromatic nitrogens is 1. The molecule has 0 aliphatic carbocycles. The number of hydrogen-bond donors (Lipinski definition) is 1. The van der Waals surface area contributed by atoms with Crippen LogP contribution in [0.4, 0.5) is 14.5 Å². The van der Waals surface area contributed by atoms with Gasteiger partial charge in [-0.05, 0) is 36.2 Å². The molecule has 3 nitrogen and oxygen atoms in total. The highest BCUT2D eigenvalue weighted by molar-refractivity contribution is 5.91. The van der Waals surface area contributed by atoms with Crippen molar-refractivity contribution in [1.29, 1.82) is 0 Å². The van der Waals surface area contributed by atoms with E-state index < -0.39 is 11.6 Å². The molecule has 0 unspecified atom stereocenters. The van der Waals surface area contributed by atoms with Crippen LogP contribution in [0.15, 0.2) is 48.7 Å². The third kappa shape index (κ3) is 3.08. The Morgan fingerprint density at radius 1 is 1.04 bits per heavy atom. The molecule has 3 aromatic rings. The van der Waals surface area contributed by atoms with Gasteiger partial charge in [0.25, 0.3) is 0 Å². The molecule has 23 heavy (non-hydrogen) atoms. The fourth-order valence-electron chi connectivity index (χ4n) is 2.58. The Hall–Kier alpha value is -2.69. The molecule has 0 atom stereocenters. The molecular formula is C18H16F2N2O. The van der Waals surface area contributed by atoms with Crippen LogP contribution in [0.2, 0.25) is 0 Å². The van der Waals surface area contributed by atoms with E-state index in [2.05, 4.69) is 10.3 Å². The first-order chi connectivity index (χ1) is 11.2. The topological polar surface area (TPSA) is 34.1 Å². The van der Waals surface area contributed by atoms with Crippen molar-refractivity contribution < 1.29 is 13.5 Å². The highest BCUT2D eigenvalue weighted by atomic mass is 19.1. The fraction of sp³-hybridized carbons (Fsp3) is 0.167. The van der Waals surface area contributed by atoms with Gasteiger partial charge in [-0.15, -0.1) is 0 Å². The Bertz CT molecular complexity index is 836. The van der Waals surface area contributed by atoms with Gasteiger partial charge in [-0.25, -0.2) is 8.78 Å². The summed E-state index contributed by atoms with van der Waals surface area (Å²) < 4.78 is 33.1. The van der Waals surface area contributed by atoms with Crippen molar-refractivity contribution >= 4 is 16.6 Å². The first kappa shape index (κ1) is 15.2. The summed E-state index contributed by atoms with van der Waals surface area (Å²) in [5.41, 5.74) is 1.61. The van der Waals surface area contributed by atoms with Crippen LogP contribution in [0, 0.1) is 11.6 Å². The van der Waals surface area contributed by atoms with Gasteiger partial charge in [0.15, 0.2) is 0 Å². The molecule has 0 saturated carbocycles. The molecule has 0 bridgehead atoms. The molecule has 1 N–H and O–H groups in total. The Morgan fingerprint density at radius 2 is 1.83 bits per heavy atom. The van der Waals surface area contributed by atoms with Crippen LogP contribution >= 0.6 is 0 Å². The largest absolute Gasteiger partial charge is 0.496 e. The van der Waals surface area contributed by atoms with Gasteiger partial charge in [-0.2, -0.15) is 0 Å². The van der Waals surface area contributed by atoms with Crippen LogP contribution in [0.1, 0.15) is 5.56 Å². The number of anilines is 1. The van der Waals surface area contributed by atoms with Gasteiger partial charge in [0.1, 0.15) is 22.9 Å². The zero-order valence-corrected chi connectivity index (χ0v) is 12.6. The second-order valence-corrected chi connectivity index (χ2v) is 5.10. The number of para-hydroxylation sites is 1. The van der Waals surface area contributed by atoms with Crippen LogP contribution in [0.25, 0.3) is 10.9 Å². The summed E-state index contributed by atoms with van der Waals surface area (Å²) in [5.74, 6) is -0.213. The number of methoxy groups -OCH3 is 1. The van der Waals surface area contributed by atoms with Crippen molar-refractivity contribution in [3.05, 3.63) is 65.9 Å². The number of nitrogens with zero attached hydrogens (tertiary/aromatic N) is 1. The summed E-state index contributed by atoms with van der Waals surface area (Å²) >= 11 is 0. The molecule has 0 spiro atoms. The minimum Gasteiger partial charge on any atom is -0.496 e. The van der Waals surface area contributed by atoms with E-state index in [1.807, 2.05) is 24.3 Å². The van der Waals surface area contributed by atoms with Gasteiger partial charge in [0.2, 0.25) is 0 Å². The number of ether oxygens (including phenoxy) is 1. The normalized spacial score (nSPS) is 10.7. The van der Waals surface area contributed by atoms with E-state index in [4.69, 9.17) is 4.74 Å². The van der Waals surface area contributed by atoms with E-state index in [0.717, 1.165) is 23.4 Å². The smallest absolute Gasteiger partial charge is 0.149 e. The Kier molecular flexibility index (Phi) is 4.37. The minimum absolute atomic E-state index is 0.0345. The third-order valence-corrected chi connectivity index (χ3v) is 3.69. The SMILES string of the molecule is COc1ccccc1CCNc1ccnc2c(F)ccc(F)c12. The lowest BCUT2D eigenvalue weighted by Crippen LogP contribution is -2.07. The zero-order valence-electron chi connectivity index (χ0n) is 12.6. The summed E-state index contributed by atoms with van der Waals surface area (Å²) in [4.78, 5) is 3.92. The van der Waals surface area contributed by atoms with Crippen molar-refractivity contribution in [2.75, 3.05) is 19.0 Å². The molecule has 2 aromatic carbocycles. The molecule has 0 amide bonds. The van der Waals surface area contributed by atoms with E-state index in [0.29, 0.717) is 18.7 Å². The van der Waals surface area contributed by atoms with Crippen LogP contribution in [0.3, 0.4) is 0 Å². The Morgan fingerprint density at radius 3 is 2.65 bits per heavy atom. The molecule has 1 heterocycles. The van der Waals surface area contributed by atoms with Crippen molar-refractivity contribution in [2.45, 2.75) is 6.42 Å². The number of fused-ring (bicyclic) bond motifs is 1. The Balaban J connectivity index is 1.81. The number of hydrogen-bond acceptors (Lipinski definition) is 3. The molecule has 1 aromatic heterocycles. The highest BCUT2D eigenvalue weighted by Crippen LogP contribution is 2.26. The van der Waals surface area contributed by atoms with E-state index >= 15 is 0 Å². The van der Waals surface area contributed by atoms with E-state index in [-0.39, 0.29) is 10.9 Å². The molecular weight excluding hydrogens is 298 g/mol. The summed E-state index contributed by atoms with van der Waals surface area (Å²) in [6.45, 7) is 0.565. The minimum atomic E-state index is -0.533. The molecule has 3 rings (SSSR count). The maximum atomic E-state index is 14.0. The zero-order chi connectivity index (χ0) is 16.2. The predicted octanol–water partition coefficient (Wildman–Crippen LogP) is 4.18. The van der Waals surface area contributed by atoms with Crippen molar-refractivity contribution in [3.63, 3.8) is 0 Å².